The molecule has 0 fully saturated rings. The first-order valence-corrected chi connectivity index (χ1v) is 7.27. The van der Waals surface area contributed by atoms with Gasteiger partial charge in [0.1, 0.15) is 5.82 Å². The summed E-state index contributed by atoms with van der Waals surface area (Å²) in [5.74, 6) is -0.312. The third-order valence-corrected chi connectivity index (χ3v) is 3.69. The smallest absolute Gasteiger partial charge is 0.246 e. The van der Waals surface area contributed by atoms with Gasteiger partial charge >= 0.3 is 0 Å². The number of nitrogens with one attached hydrogen (secondary N) is 1. The Labute approximate surface area is 122 Å². The summed E-state index contributed by atoms with van der Waals surface area (Å²) in [6.45, 7) is 2.34. The molecule has 0 saturated carbocycles. The summed E-state index contributed by atoms with van der Waals surface area (Å²) in [4.78, 5) is 12.9. The Kier molecular flexibility index (Phi) is 5.07. The zero-order valence-corrected chi connectivity index (χ0v) is 12.0. The Morgan fingerprint density at radius 1 is 1.30 bits per heavy atom. The van der Waals surface area contributed by atoms with Gasteiger partial charge in [0.05, 0.1) is 0 Å². The third kappa shape index (κ3) is 4.31. The monoisotopic (exact) mass is 289 g/mol. The maximum absolute atomic E-state index is 12.7. The van der Waals surface area contributed by atoms with E-state index in [-0.39, 0.29) is 11.7 Å². The van der Waals surface area contributed by atoms with Gasteiger partial charge in [-0.2, -0.15) is 0 Å². The van der Waals surface area contributed by atoms with Gasteiger partial charge in [-0.05, 0) is 48.6 Å². The van der Waals surface area contributed by atoms with Crippen molar-refractivity contribution in [3.8, 4) is 0 Å². The lowest BCUT2D eigenvalue weighted by Crippen LogP contribution is -2.26. The first-order valence-electron chi connectivity index (χ1n) is 6.39. The molecule has 1 heterocycles. The summed E-state index contributed by atoms with van der Waals surface area (Å²) in [7, 11) is 0. The lowest BCUT2D eigenvalue weighted by molar-refractivity contribution is -0.117. The molecule has 0 aliphatic carbocycles. The van der Waals surface area contributed by atoms with Gasteiger partial charge in [-0.15, -0.1) is 11.3 Å². The van der Waals surface area contributed by atoms with Crippen LogP contribution in [0.5, 0.6) is 0 Å². The molecule has 0 atom stereocenters. The highest BCUT2D eigenvalue weighted by Crippen LogP contribution is 2.13. The maximum Gasteiger partial charge on any atom is 0.246 e. The largest absolute Gasteiger partial charge is 0.352 e. The van der Waals surface area contributed by atoms with E-state index in [2.05, 4.69) is 5.32 Å². The Balaban J connectivity index is 1.81. The predicted molar refractivity (Wildman–Crippen MR) is 81.1 cm³/mol. The van der Waals surface area contributed by atoms with Gasteiger partial charge in [0.2, 0.25) is 5.91 Å². The highest BCUT2D eigenvalue weighted by molar-refractivity contribution is 7.10. The molecular formula is C16H16FNOS. The summed E-state index contributed by atoms with van der Waals surface area (Å²) in [6.07, 6.45) is 2.57. The van der Waals surface area contributed by atoms with Crippen LogP contribution in [0.25, 0.3) is 6.08 Å². The van der Waals surface area contributed by atoms with E-state index in [0.717, 1.165) is 10.4 Å². The van der Waals surface area contributed by atoms with Crippen LogP contribution in [-0.4, -0.2) is 12.5 Å². The number of benzene rings is 1. The number of carbonyl (C=O) groups is 1. The number of thiophene rings is 1. The molecule has 2 aromatic rings. The van der Waals surface area contributed by atoms with Crippen molar-refractivity contribution in [2.24, 2.45) is 0 Å². The van der Waals surface area contributed by atoms with E-state index in [1.807, 2.05) is 23.6 Å². The fourth-order valence-corrected chi connectivity index (χ4v) is 2.48. The lowest BCUT2D eigenvalue weighted by atomic mass is 10.1. The highest BCUT2D eigenvalue weighted by Gasteiger charge is 2.04. The molecular weight excluding hydrogens is 273 g/mol. The zero-order chi connectivity index (χ0) is 14.4. The van der Waals surface area contributed by atoms with Crippen LogP contribution in [0.4, 0.5) is 4.39 Å². The third-order valence-electron chi connectivity index (χ3n) is 2.87. The Bertz CT molecular complexity index is 587. The molecule has 4 heteroatoms. The summed E-state index contributed by atoms with van der Waals surface area (Å²) >= 11 is 1.60. The van der Waals surface area contributed by atoms with Crippen LogP contribution in [-0.2, 0) is 11.2 Å². The van der Waals surface area contributed by atoms with Crippen molar-refractivity contribution in [2.75, 3.05) is 6.54 Å². The normalized spacial score (nSPS) is 11.4. The topological polar surface area (TPSA) is 29.1 Å². The maximum atomic E-state index is 12.7. The van der Waals surface area contributed by atoms with Crippen molar-refractivity contribution in [1.82, 2.24) is 5.32 Å². The molecule has 0 radical (unpaired) electrons. The summed E-state index contributed by atoms with van der Waals surface area (Å²) < 4.78 is 12.7. The first-order chi connectivity index (χ1) is 9.65. The minimum Gasteiger partial charge on any atom is -0.352 e. The molecule has 0 aliphatic rings. The Morgan fingerprint density at radius 3 is 2.70 bits per heavy atom. The van der Waals surface area contributed by atoms with Crippen LogP contribution in [0, 0.1) is 5.82 Å². The van der Waals surface area contributed by atoms with E-state index in [1.165, 1.54) is 12.1 Å². The Hall–Kier alpha value is -1.94. The molecule has 2 rings (SSSR count). The molecule has 1 N–H and O–H groups in total. The van der Waals surface area contributed by atoms with E-state index in [9.17, 15) is 9.18 Å². The van der Waals surface area contributed by atoms with Crippen LogP contribution in [0.1, 0.15) is 17.4 Å². The predicted octanol–water partition coefficient (Wildman–Crippen LogP) is 3.65. The second-order valence-electron chi connectivity index (χ2n) is 4.48. The number of amides is 1. The zero-order valence-electron chi connectivity index (χ0n) is 11.2. The summed E-state index contributed by atoms with van der Waals surface area (Å²) in [5, 5.41) is 4.84. The molecule has 20 heavy (non-hydrogen) atoms. The molecule has 1 amide bonds. The van der Waals surface area contributed by atoms with Crippen molar-refractivity contribution >= 4 is 23.3 Å². The van der Waals surface area contributed by atoms with Crippen molar-refractivity contribution in [2.45, 2.75) is 13.3 Å². The number of rotatable bonds is 5. The molecule has 1 aromatic heterocycles. The molecule has 1 aromatic carbocycles. The van der Waals surface area contributed by atoms with E-state index >= 15 is 0 Å². The average Bonchev–Trinajstić information content (AvgIpc) is 2.93. The van der Waals surface area contributed by atoms with Crippen LogP contribution in [0.3, 0.4) is 0 Å². The highest BCUT2D eigenvalue weighted by atomic mass is 32.1. The van der Waals surface area contributed by atoms with Crippen LogP contribution < -0.4 is 5.32 Å². The summed E-state index contributed by atoms with van der Waals surface area (Å²) in [6, 6.07) is 10.3. The van der Waals surface area contributed by atoms with Crippen LogP contribution in [0.15, 0.2) is 47.4 Å². The van der Waals surface area contributed by atoms with Gasteiger partial charge in [-0.25, -0.2) is 4.39 Å². The Morgan fingerprint density at radius 2 is 2.05 bits per heavy atom. The van der Waals surface area contributed by atoms with E-state index in [1.54, 1.807) is 30.4 Å². The van der Waals surface area contributed by atoms with E-state index in [4.69, 9.17) is 0 Å². The fraction of sp³-hybridized carbons (Fsp3) is 0.188. The van der Waals surface area contributed by atoms with Gasteiger partial charge in [0.25, 0.3) is 0 Å². The molecule has 0 bridgehead atoms. The van der Waals surface area contributed by atoms with Gasteiger partial charge in [0.15, 0.2) is 0 Å². The standard InChI is InChI=1S/C16H16FNOS/c1-12(11-15-3-2-10-20-15)16(19)18-9-8-13-4-6-14(17)7-5-13/h2-7,10-11H,8-9H2,1H3,(H,18,19)/b12-11+. The van der Waals surface area contributed by atoms with Gasteiger partial charge in [0, 0.05) is 17.0 Å². The second-order valence-corrected chi connectivity index (χ2v) is 5.45. The van der Waals surface area contributed by atoms with Crippen LogP contribution in [0.2, 0.25) is 0 Å². The molecule has 104 valence electrons. The first kappa shape index (κ1) is 14.5. The number of hydrogen-bond acceptors (Lipinski definition) is 2. The van der Waals surface area contributed by atoms with Crippen molar-refractivity contribution in [3.63, 3.8) is 0 Å². The SMILES string of the molecule is C/C(=C\c1cccs1)C(=O)NCCc1ccc(F)cc1. The van der Waals surface area contributed by atoms with Crippen molar-refractivity contribution < 1.29 is 9.18 Å². The number of hydrogen-bond donors (Lipinski definition) is 1. The van der Waals surface area contributed by atoms with Crippen molar-refractivity contribution in [3.05, 3.63) is 63.6 Å². The second kappa shape index (κ2) is 7.01. The van der Waals surface area contributed by atoms with E-state index in [0.29, 0.717) is 18.5 Å². The molecule has 0 aliphatic heterocycles. The summed E-state index contributed by atoms with van der Waals surface area (Å²) in [5.41, 5.74) is 1.69. The average molecular weight is 289 g/mol. The molecule has 0 saturated heterocycles. The van der Waals surface area contributed by atoms with E-state index < -0.39 is 0 Å². The van der Waals surface area contributed by atoms with Crippen molar-refractivity contribution in [1.29, 1.82) is 0 Å². The molecule has 2 nitrogen and oxygen atoms in total. The fourth-order valence-electron chi connectivity index (χ4n) is 1.76. The van der Waals surface area contributed by atoms with Gasteiger partial charge in [-0.1, -0.05) is 18.2 Å². The molecule has 0 unspecified atom stereocenters. The minimum atomic E-state index is -0.243. The number of carbonyl (C=O) groups excluding carboxylic acids is 1. The van der Waals surface area contributed by atoms with Crippen LogP contribution >= 0.6 is 11.3 Å². The number of halogens is 1. The lowest BCUT2D eigenvalue weighted by Gasteiger charge is -2.05. The molecule has 0 spiro atoms. The van der Waals surface area contributed by atoms with Gasteiger partial charge < -0.3 is 5.32 Å². The minimum absolute atomic E-state index is 0.0690. The quantitative estimate of drug-likeness (QED) is 0.836. The van der Waals surface area contributed by atoms with Gasteiger partial charge in [-0.3, -0.25) is 4.79 Å².